The molecule has 0 bridgehead atoms. The Morgan fingerprint density at radius 3 is 2.44 bits per heavy atom. The molecular formula is C17H15BrN2O5. The van der Waals surface area contributed by atoms with Crippen molar-refractivity contribution in [1.29, 1.82) is 0 Å². The van der Waals surface area contributed by atoms with Gasteiger partial charge in [0.05, 0.1) is 6.26 Å². The maximum Gasteiger partial charge on any atom is 0.325 e. The van der Waals surface area contributed by atoms with Crippen LogP contribution >= 0.6 is 15.9 Å². The summed E-state index contributed by atoms with van der Waals surface area (Å²) in [5.74, 6) is -2.10. The topological polar surface area (TPSA) is 109 Å². The Balaban J connectivity index is 2.22. The third-order valence-corrected chi connectivity index (χ3v) is 3.68. The minimum absolute atomic E-state index is 0.129. The van der Waals surface area contributed by atoms with Crippen molar-refractivity contribution in [3.8, 4) is 0 Å². The lowest BCUT2D eigenvalue weighted by atomic mass is 10.2. The summed E-state index contributed by atoms with van der Waals surface area (Å²) in [5, 5.41) is 13.7. The monoisotopic (exact) mass is 406 g/mol. The van der Waals surface area contributed by atoms with Gasteiger partial charge in [0.2, 0.25) is 0 Å². The Labute approximate surface area is 151 Å². The Morgan fingerprint density at radius 2 is 1.88 bits per heavy atom. The van der Waals surface area contributed by atoms with Crippen LogP contribution in [0.3, 0.4) is 0 Å². The molecule has 0 aliphatic heterocycles. The molecule has 0 aliphatic carbocycles. The first kappa shape index (κ1) is 18.5. The summed E-state index contributed by atoms with van der Waals surface area (Å²) in [5.41, 5.74) is 0.212. The average Bonchev–Trinajstić information content (AvgIpc) is 3.07. The summed E-state index contributed by atoms with van der Waals surface area (Å²) in [6.07, 6.45) is 2.73. The third kappa shape index (κ3) is 5.32. The predicted molar refractivity (Wildman–Crippen MR) is 93.5 cm³/mol. The first-order valence-corrected chi connectivity index (χ1v) is 8.02. The van der Waals surface area contributed by atoms with Gasteiger partial charge in [-0.15, -0.1) is 0 Å². The van der Waals surface area contributed by atoms with Crippen LogP contribution in [0, 0.1) is 0 Å². The summed E-state index contributed by atoms with van der Waals surface area (Å²) in [6.45, 7) is 1.32. The van der Waals surface area contributed by atoms with Crippen molar-refractivity contribution < 1.29 is 23.9 Å². The number of hydrogen-bond acceptors (Lipinski definition) is 4. The fraction of sp³-hybridized carbons (Fsp3) is 0.118. The molecule has 0 saturated heterocycles. The second-order valence-corrected chi connectivity index (χ2v) is 5.98. The van der Waals surface area contributed by atoms with Gasteiger partial charge in [0, 0.05) is 16.1 Å². The largest absolute Gasteiger partial charge is 0.480 e. The average molecular weight is 407 g/mol. The molecule has 1 unspecified atom stereocenters. The van der Waals surface area contributed by atoms with Crippen LogP contribution in [-0.2, 0) is 9.59 Å². The molecule has 0 radical (unpaired) electrons. The van der Waals surface area contributed by atoms with E-state index in [2.05, 4.69) is 26.6 Å². The molecule has 1 heterocycles. The normalized spacial score (nSPS) is 12.3. The van der Waals surface area contributed by atoms with Crippen LogP contribution in [0.25, 0.3) is 6.08 Å². The van der Waals surface area contributed by atoms with E-state index in [1.807, 2.05) is 0 Å². The minimum Gasteiger partial charge on any atom is -0.480 e. The van der Waals surface area contributed by atoms with Crippen molar-refractivity contribution in [3.05, 3.63) is 64.2 Å². The van der Waals surface area contributed by atoms with Gasteiger partial charge in [0.15, 0.2) is 0 Å². The van der Waals surface area contributed by atoms with Crippen LogP contribution in [-0.4, -0.2) is 28.9 Å². The molecule has 1 aromatic carbocycles. The Hall–Kier alpha value is -2.87. The second kappa shape index (κ2) is 8.29. The molecule has 2 rings (SSSR count). The van der Waals surface area contributed by atoms with E-state index < -0.39 is 23.8 Å². The summed E-state index contributed by atoms with van der Waals surface area (Å²) >= 11 is 3.27. The number of halogens is 1. The second-order valence-electron chi connectivity index (χ2n) is 5.07. The fourth-order valence-electron chi connectivity index (χ4n) is 1.81. The van der Waals surface area contributed by atoms with Gasteiger partial charge in [-0.25, -0.2) is 0 Å². The molecule has 2 amide bonds. The van der Waals surface area contributed by atoms with Crippen LogP contribution in [0.2, 0.25) is 0 Å². The van der Waals surface area contributed by atoms with Crippen molar-refractivity contribution in [1.82, 2.24) is 10.6 Å². The highest BCUT2D eigenvalue weighted by Crippen LogP contribution is 2.12. The van der Waals surface area contributed by atoms with Crippen LogP contribution in [0.4, 0.5) is 0 Å². The summed E-state index contributed by atoms with van der Waals surface area (Å²) in [4.78, 5) is 35.5. The highest BCUT2D eigenvalue weighted by molar-refractivity contribution is 9.10. The smallest absolute Gasteiger partial charge is 0.325 e. The zero-order valence-electron chi connectivity index (χ0n) is 13.2. The zero-order chi connectivity index (χ0) is 18.4. The molecule has 2 aromatic rings. The number of carbonyl (C=O) groups excluding carboxylic acids is 2. The lowest BCUT2D eigenvalue weighted by molar-refractivity contribution is -0.140. The van der Waals surface area contributed by atoms with Crippen molar-refractivity contribution >= 4 is 39.8 Å². The number of carboxylic acids is 1. The first-order valence-electron chi connectivity index (χ1n) is 7.22. The molecule has 0 aliphatic rings. The van der Waals surface area contributed by atoms with E-state index in [0.717, 1.165) is 4.47 Å². The molecular weight excluding hydrogens is 392 g/mol. The molecule has 130 valence electrons. The van der Waals surface area contributed by atoms with E-state index in [1.165, 1.54) is 19.3 Å². The highest BCUT2D eigenvalue weighted by atomic mass is 79.9. The van der Waals surface area contributed by atoms with Crippen LogP contribution in [0.15, 0.2) is 57.2 Å². The van der Waals surface area contributed by atoms with Gasteiger partial charge in [-0.1, -0.05) is 15.9 Å². The standard InChI is InChI=1S/C17H15BrN2O5/c1-10(17(23)24)19-16(22)14(9-13-3-2-8-25-13)20-15(21)11-4-6-12(18)7-5-11/h2-10H,1H3,(H,19,22)(H,20,21)(H,23,24)/b14-9+. The lowest BCUT2D eigenvalue weighted by Crippen LogP contribution is -2.42. The number of nitrogens with one attached hydrogen (secondary N) is 2. The van der Waals surface area contributed by atoms with Crippen molar-refractivity contribution in [2.45, 2.75) is 13.0 Å². The number of benzene rings is 1. The van der Waals surface area contributed by atoms with E-state index in [1.54, 1.807) is 36.4 Å². The van der Waals surface area contributed by atoms with E-state index in [-0.39, 0.29) is 5.70 Å². The number of carboxylic acid groups (broad SMARTS) is 1. The summed E-state index contributed by atoms with van der Waals surface area (Å²) < 4.78 is 5.95. The molecule has 25 heavy (non-hydrogen) atoms. The SMILES string of the molecule is CC(NC(=O)/C(=C\c1ccco1)NC(=O)c1ccc(Br)cc1)C(=O)O. The van der Waals surface area contributed by atoms with Gasteiger partial charge < -0.3 is 20.2 Å². The van der Waals surface area contributed by atoms with Crippen LogP contribution in [0.5, 0.6) is 0 Å². The highest BCUT2D eigenvalue weighted by Gasteiger charge is 2.20. The zero-order valence-corrected chi connectivity index (χ0v) is 14.7. The van der Waals surface area contributed by atoms with E-state index in [0.29, 0.717) is 11.3 Å². The molecule has 3 N–H and O–H groups in total. The van der Waals surface area contributed by atoms with Gasteiger partial charge in [-0.05, 0) is 43.3 Å². The summed E-state index contributed by atoms with van der Waals surface area (Å²) in [7, 11) is 0. The van der Waals surface area contributed by atoms with Crippen molar-refractivity contribution in [3.63, 3.8) is 0 Å². The maximum atomic E-state index is 12.3. The maximum absolute atomic E-state index is 12.3. The van der Waals surface area contributed by atoms with Gasteiger partial charge in [0.25, 0.3) is 11.8 Å². The number of amides is 2. The molecule has 7 nitrogen and oxygen atoms in total. The fourth-order valence-corrected chi connectivity index (χ4v) is 2.07. The van der Waals surface area contributed by atoms with Gasteiger partial charge in [0.1, 0.15) is 17.5 Å². The molecule has 1 atom stereocenters. The third-order valence-electron chi connectivity index (χ3n) is 3.15. The van der Waals surface area contributed by atoms with E-state index in [4.69, 9.17) is 9.52 Å². The van der Waals surface area contributed by atoms with Gasteiger partial charge >= 0.3 is 5.97 Å². The molecule has 1 aromatic heterocycles. The van der Waals surface area contributed by atoms with E-state index in [9.17, 15) is 14.4 Å². The van der Waals surface area contributed by atoms with Crippen LogP contribution in [0.1, 0.15) is 23.0 Å². The number of hydrogen-bond donors (Lipinski definition) is 3. The van der Waals surface area contributed by atoms with Crippen molar-refractivity contribution in [2.24, 2.45) is 0 Å². The number of carbonyl (C=O) groups is 3. The Kier molecular flexibility index (Phi) is 6.13. The van der Waals surface area contributed by atoms with Gasteiger partial charge in [-0.3, -0.25) is 14.4 Å². The molecule has 0 spiro atoms. The number of rotatable bonds is 6. The van der Waals surface area contributed by atoms with Gasteiger partial charge in [-0.2, -0.15) is 0 Å². The van der Waals surface area contributed by atoms with Crippen LogP contribution < -0.4 is 10.6 Å². The molecule has 8 heteroatoms. The molecule has 0 fully saturated rings. The van der Waals surface area contributed by atoms with E-state index >= 15 is 0 Å². The number of aliphatic carboxylic acids is 1. The minimum atomic E-state index is -1.19. The Bertz CT molecular complexity index is 797. The quantitative estimate of drug-likeness (QED) is 0.638. The predicted octanol–water partition coefficient (Wildman–Crippen LogP) is 2.40. The Morgan fingerprint density at radius 1 is 1.20 bits per heavy atom. The first-order chi connectivity index (χ1) is 11.9. The lowest BCUT2D eigenvalue weighted by Gasteiger charge is -2.13. The van der Waals surface area contributed by atoms with Crippen molar-refractivity contribution in [2.75, 3.05) is 0 Å². The number of furan rings is 1. The summed E-state index contributed by atoms with van der Waals surface area (Å²) in [6, 6.07) is 8.66. The molecule has 0 saturated carbocycles.